The summed E-state index contributed by atoms with van der Waals surface area (Å²) in [5, 5.41) is 23.3. The van der Waals surface area contributed by atoms with E-state index in [0.717, 1.165) is 49.9 Å². The number of rotatable bonds is 4. The van der Waals surface area contributed by atoms with Gasteiger partial charge in [-0.2, -0.15) is 0 Å². The third-order valence-corrected chi connectivity index (χ3v) is 6.39. The van der Waals surface area contributed by atoms with Crippen molar-refractivity contribution in [1.82, 2.24) is 10.2 Å². The smallest absolute Gasteiger partial charge is 0.152 e. The molecule has 4 rings (SSSR count). The van der Waals surface area contributed by atoms with E-state index >= 15 is 0 Å². The lowest BCUT2D eigenvalue weighted by Gasteiger charge is -2.44. The number of hydrogen-bond acceptors (Lipinski definition) is 5. The highest BCUT2D eigenvalue weighted by molar-refractivity contribution is 6.33. The summed E-state index contributed by atoms with van der Waals surface area (Å²) in [5.41, 5.74) is 4.02. The predicted octanol–water partition coefficient (Wildman–Crippen LogP) is 4.34. The first-order valence-electron chi connectivity index (χ1n) is 9.64. The Morgan fingerprint density at radius 3 is 2.64 bits per heavy atom. The van der Waals surface area contributed by atoms with Gasteiger partial charge in [-0.3, -0.25) is 0 Å². The Labute approximate surface area is 170 Å². The Bertz CT molecular complexity index is 961. The number of halogens is 1. The van der Waals surface area contributed by atoms with Crippen LogP contribution >= 0.6 is 11.6 Å². The molecule has 1 fully saturated rings. The number of phenolic OH excluding ortho intramolecular Hbond substituents is 1. The second-order valence-corrected chi connectivity index (χ2v) is 8.31. The lowest BCUT2D eigenvalue weighted by atomic mass is 9.77. The van der Waals surface area contributed by atoms with Crippen molar-refractivity contribution in [2.75, 3.05) is 12.4 Å². The van der Waals surface area contributed by atoms with E-state index in [4.69, 9.17) is 22.8 Å². The molecule has 0 atom stereocenters. The number of aromatic nitrogens is 2. The van der Waals surface area contributed by atoms with Crippen LogP contribution in [0.25, 0.3) is 11.3 Å². The van der Waals surface area contributed by atoms with Crippen LogP contribution < -0.4 is 5.32 Å². The van der Waals surface area contributed by atoms with Gasteiger partial charge in [0.1, 0.15) is 11.4 Å². The maximum absolute atomic E-state index is 10.6. The Balaban J connectivity index is 1.70. The van der Waals surface area contributed by atoms with Gasteiger partial charge in [-0.05, 0) is 63.1 Å². The molecule has 2 aromatic rings. The SMILES string of the molecule is C#Cc1ccc(-c2nnc(NC3CC(C)(OC)C3)c3c2CCCC3)c(O)c1Cl. The molecule has 0 bridgehead atoms. The Morgan fingerprint density at radius 2 is 1.96 bits per heavy atom. The first-order chi connectivity index (χ1) is 13.5. The summed E-state index contributed by atoms with van der Waals surface area (Å²) in [6.07, 6.45) is 11.4. The summed E-state index contributed by atoms with van der Waals surface area (Å²) in [6.45, 7) is 2.13. The van der Waals surface area contributed by atoms with Crippen molar-refractivity contribution >= 4 is 17.4 Å². The number of aromatic hydroxyl groups is 1. The molecule has 5 nitrogen and oxygen atoms in total. The van der Waals surface area contributed by atoms with Gasteiger partial charge in [-0.25, -0.2) is 0 Å². The summed E-state index contributed by atoms with van der Waals surface area (Å²) >= 11 is 6.23. The molecular formula is C22H24ClN3O2. The van der Waals surface area contributed by atoms with E-state index in [2.05, 4.69) is 28.4 Å². The van der Waals surface area contributed by atoms with Crippen molar-refractivity contribution in [2.24, 2.45) is 0 Å². The van der Waals surface area contributed by atoms with E-state index in [1.807, 2.05) is 0 Å². The van der Waals surface area contributed by atoms with Crippen LogP contribution in [0.4, 0.5) is 5.82 Å². The standard InChI is InChI=1S/C22H24ClN3O2/c1-4-13-9-10-17(20(27)18(13)23)19-15-7-5-6-8-16(15)21(26-25-19)24-14-11-22(2,12-14)28-3/h1,9-10,14,27H,5-8,11-12H2,2-3H3,(H,24,26). The van der Waals surface area contributed by atoms with Gasteiger partial charge in [0.15, 0.2) is 5.82 Å². The van der Waals surface area contributed by atoms with Crippen molar-refractivity contribution in [3.63, 3.8) is 0 Å². The molecule has 0 amide bonds. The first-order valence-corrected chi connectivity index (χ1v) is 10.0. The van der Waals surface area contributed by atoms with Crippen LogP contribution in [0.1, 0.15) is 49.3 Å². The summed E-state index contributed by atoms with van der Waals surface area (Å²) in [4.78, 5) is 0. The van der Waals surface area contributed by atoms with Gasteiger partial charge in [-0.15, -0.1) is 16.6 Å². The van der Waals surface area contributed by atoms with Gasteiger partial charge in [0, 0.05) is 29.8 Å². The fourth-order valence-electron chi connectivity index (χ4n) is 4.29. The number of methoxy groups -OCH3 is 1. The lowest BCUT2D eigenvalue weighted by Crippen LogP contribution is -2.50. The second kappa shape index (κ2) is 7.27. The van der Waals surface area contributed by atoms with Crippen molar-refractivity contribution in [2.45, 2.75) is 57.1 Å². The van der Waals surface area contributed by atoms with Crippen molar-refractivity contribution in [3.05, 3.63) is 33.8 Å². The van der Waals surface area contributed by atoms with E-state index in [9.17, 15) is 5.11 Å². The largest absolute Gasteiger partial charge is 0.506 e. The zero-order valence-electron chi connectivity index (χ0n) is 16.2. The van der Waals surface area contributed by atoms with Crippen LogP contribution in [-0.4, -0.2) is 34.1 Å². The third kappa shape index (κ3) is 3.21. The molecule has 0 radical (unpaired) electrons. The number of phenols is 1. The minimum Gasteiger partial charge on any atom is -0.506 e. The maximum Gasteiger partial charge on any atom is 0.152 e. The molecule has 0 spiro atoms. The fourth-order valence-corrected chi connectivity index (χ4v) is 4.51. The molecular weight excluding hydrogens is 374 g/mol. The lowest BCUT2D eigenvalue weighted by molar-refractivity contribution is -0.0625. The van der Waals surface area contributed by atoms with Crippen LogP contribution in [0, 0.1) is 12.3 Å². The summed E-state index contributed by atoms with van der Waals surface area (Å²) in [5.74, 6) is 3.31. The van der Waals surface area contributed by atoms with E-state index in [1.165, 1.54) is 5.56 Å². The monoisotopic (exact) mass is 397 g/mol. The molecule has 6 heteroatoms. The Hall–Kier alpha value is -2.29. The fraction of sp³-hybridized carbons (Fsp3) is 0.455. The highest BCUT2D eigenvalue weighted by atomic mass is 35.5. The van der Waals surface area contributed by atoms with Gasteiger partial charge >= 0.3 is 0 Å². The average Bonchev–Trinajstić information content (AvgIpc) is 2.69. The number of fused-ring (bicyclic) bond motifs is 1. The molecule has 28 heavy (non-hydrogen) atoms. The quantitative estimate of drug-likeness (QED) is 0.751. The minimum atomic E-state index is -0.0492. The molecule has 1 heterocycles. The second-order valence-electron chi connectivity index (χ2n) is 7.93. The molecule has 146 valence electrons. The number of benzene rings is 1. The minimum absolute atomic E-state index is 0.0326. The molecule has 0 aliphatic heterocycles. The summed E-state index contributed by atoms with van der Waals surface area (Å²) in [6, 6.07) is 3.85. The molecule has 1 saturated carbocycles. The number of ether oxygens (including phenoxy) is 1. The maximum atomic E-state index is 10.6. The van der Waals surface area contributed by atoms with E-state index < -0.39 is 0 Å². The number of terminal acetylenes is 1. The van der Waals surface area contributed by atoms with Crippen LogP contribution in [0.2, 0.25) is 5.02 Å². The number of hydrogen-bond donors (Lipinski definition) is 2. The van der Waals surface area contributed by atoms with Crippen LogP contribution in [-0.2, 0) is 17.6 Å². The van der Waals surface area contributed by atoms with E-state index in [0.29, 0.717) is 22.9 Å². The van der Waals surface area contributed by atoms with Crippen molar-refractivity contribution in [3.8, 4) is 29.4 Å². The van der Waals surface area contributed by atoms with Gasteiger partial charge in [-0.1, -0.05) is 17.5 Å². The number of anilines is 1. The van der Waals surface area contributed by atoms with Crippen molar-refractivity contribution in [1.29, 1.82) is 0 Å². The third-order valence-electron chi connectivity index (χ3n) is 6.01. The summed E-state index contributed by atoms with van der Waals surface area (Å²) in [7, 11) is 1.76. The first kappa shape index (κ1) is 19.0. The normalized spacial score (nSPS) is 23.4. The zero-order valence-corrected chi connectivity index (χ0v) is 16.9. The average molecular weight is 398 g/mol. The molecule has 1 aromatic heterocycles. The molecule has 1 aromatic carbocycles. The van der Waals surface area contributed by atoms with Crippen LogP contribution in [0.5, 0.6) is 5.75 Å². The van der Waals surface area contributed by atoms with Gasteiger partial charge < -0.3 is 15.2 Å². The molecule has 0 saturated heterocycles. The highest BCUT2D eigenvalue weighted by Gasteiger charge is 2.41. The highest BCUT2D eigenvalue weighted by Crippen LogP contribution is 2.42. The Kier molecular flexibility index (Phi) is 4.95. The topological polar surface area (TPSA) is 67.3 Å². The van der Waals surface area contributed by atoms with Crippen LogP contribution in [0.3, 0.4) is 0 Å². The number of nitrogens with one attached hydrogen (secondary N) is 1. The van der Waals surface area contributed by atoms with Crippen LogP contribution in [0.15, 0.2) is 12.1 Å². The number of nitrogens with zero attached hydrogens (tertiary/aromatic N) is 2. The Morgan fingerprint density at radius 1 is 1.25 bits per heavy atom. The van der Waals surface area contributed by atoms with E-state index in [-0.39, 0.29) is 16.4 Å². The van der Waals surface area contributed by atoms with Gasteiger partial charge in [0.25, 0.3) is 0 Å². The van der Waals surface area contributed by atoms with Gasteiger partial charge in [0.05, 0.1) is 10.6 Å². The zero-order chi connectivity index (χ0) is 19.9. The van der Waals surface area contributed by atoms with Crippen molar-refractivity contribution < 1.29 is 9.84 Å². The molecule has 0 unspecified atom stereocenters. The molecule has 2 aliphatic rings. The molecule has 2 aliphatic carbocycles. The molecule has 2 N–H and O–H groups in total. The summed E-state index contributed by atoms with van der Waals surface area (Å²) < 4.78 is 5.54. The predicted molar refractivity (Wildman–Crippen MR) is 111 cm³/mol. The van der Waals surface area contributed by atoms with E-state index in [1.54, 1.807) is 19.2 Å². The van der Waals surface area contributed by atoms with Gasteiger partial charge in [0.2, 0.25) is 0 Å².